The maximum absolute atomic E-state index is 14.3. The van der Waals surface area contributed by atoms with Gasteiger partial charge in [0, 0.05) is 11.8 Å². The third kappa shape index (κ3) is 2.45. The first-order chi connectivity index (χ1) is 11.4. The summed E-state index contributed by atoms with van der Waals surface area (Å²) in [6, 6.07) is 4.82. The van der Waals surface area contributed by atoms with Gasteiger partial charge in [0.2, 0.25) is 0 Å². The number of carboxylic acids is 1. The standard InChI is InChI=1S/C18H19FN2O3/c1-3-6-18(8-14(22)23)17-12(7-10(2)24-18)15-11(9-20)4-5-13(19)16(15)21-17/h4-5,10,21H,3,6-8H2,1-2H3,(H,22,23). The molecule has 2 heterocycles. The summed E-state index contributed by atoms with van der Waals surface area (Å²) in [5.74, 6) is -1.42. The Bertz CT molecular complexity index is 852. The highest BCUT2D eigenvalue weighted by atomic mass is 19.1. The van der Waals surface area contributed by atoms with Crippen molar-refractivity contribution in [1.82, 2.24) is 4.98 Å². The summed E-state index contributed by atoms with van der Waals surface area (Å²) >= 11 is 0. The number of aromatic nitrogens is 1. The number of nitrogens with one attached hydrogen (secondary N) is 1. The Hall–Kier alpha value is -2.39. The van der Waals surface area contributed by atoms with Gasteiger partial charge >= 0.3 is 5.97 Å². The molecule has 0 saturated carbocycles. The molecule has 0 fully saturated rings. The van der Waals surface area contributed by atoms with Crippen LogP contribution in [0.25, 0.3) is 10.9 Å². The van der Waals surface area contributed by atoms with Crippen LogP contribution in [-0.2, 0) is 21.6 Å². The van der Waals surface area contributed by atoms with Crippen LogP contribution in [0.2, 0.25) is 0 Å². The maximum Gasteiger partial charge on any atom is 0.306 e. The van der Waals surface area contributed by atoms with Crippen LogP contribution in [0.15, 0.2) is 12.1 Å². The highest BCUT2D eigenvalue weighted by Gasteiger charge is 2.44. The van der Waals surface area contributed by atoms with Gasteiger partial charge < -0.3 is 14.8 Å². The normalized spacial score (nSPS) is 23.0. The number of aliphatic carboxylic acids is 1. The van der Waals surface area contributed by atoms with Crippen LogP contribution >= 0.6 is 0 Å². The molecule has 0 saturated heterocycles. The van der Waals surface area contributed by atoms with Gasteiger partial charge in [0.25, 0.3) is 0 Å². The zero-order chi connectivity index (χ0) is 17.5. The summed E-state index contributed by atoms with van der Waals surface area (Å²) in [5.41, 5.74) is 1.02. The highest BCUT2D eigenvalue weighted by Crippen LogP contribution is 2.45. The van der Waals surface area contributed by atoms with E-state index in [0.29, 0.717) is 29.5 Å². The van der Waals surface area contributed by atoms with Gasteiger partial charge in [-0.2, -0.15) is 5.26 Å². The number of nitriles is 1. The van der Waals surface area contributed by atoms with Crippen molar-refractivity contribution in [2.75, 3.05) is 0 Å². The van der Waals surface area contributed by atoms with E-state index in [2.05, 4.69) is 11.1 Å². The van der Waals surface area contributed by atoms with Crippen molar-refractivity contribution in [2.45, 2.75) is 51.2 Å². The Kier molecular flexibility index (Phi) is 4.06. The Balaban J connectivity index is 2.34. The SMILES string of the molecule is CCCC1(CC(=O)O)OC(C)Cc2c1[nH]c1c(F)ccc(C#N)c21. The third-order valence-corrected chi connectivity index (χ3v) is 4.59. The molecular formula is C18H19FN2O3. The molecule has 0 radical (unpaired) electrons. The molecule has 0 aliphatic carbocycles. The quantitative estimate of drug-likeness (QED) is 0.896. The van der Waals surface area contributed by atoms with Crippen molar-refractivity contribution in [3.8, 4) is 6.07 Å². The molecule has 24 heavy (non-hydrogen) atoms. The van der Waals surface area contributed by atoms with Crippen LogP contribution in [0.3, 0.4) is 0 Å². The average molecular weight is 330 g/mol. The first kappa shape index (κ1) is 16.5. The van der Waals surface area contributed by atoms with Crippen molar-refractivity contribution in [2.24, 2.45) is 0 Å². The fraction of sp³-hybridized carbons (Fsp3) is 0.444. The summed E-state index contributed by atoms with van der Waals surface area (Å²) in [6.07, 6.45) is 1.33. The lowest BCUT2D eigenvalue weighted by atomic mass is 9.83. The molecule has 1 aliphatic rings. The predicted molar refractivity (Wildman–Crippen MR) is 86.1 cm³/mol. The summed E-state index contributed by atoms with van der Waals surface area (Å²) < 4.78 is 20.4. The van der Waals surface area contributed by atoms with E-state index in [1.165, 1.54) is 12.1 Å². The molecule has 6 heteroatoms. The van der Waals surface area contributed by atoms with Gasteiger partial charge in [0.05, 0.1) is 35.4 Å². The fourth-order valence-electron chi connectivity index (χ4n) is 3.85. The van der Waals surface area contributed by atoms with E-state index in [1.807, 2.05) is 13.8 Å². The molecule has 2 atom stereocenters. The van der Waals surface area contributed by atoms with Gasteiger partial charge in [0.1, 0.15) is 11.4 Å². The second-order valence-electron chi connectivity index (χ2n) is 6.38. The van der Waals surface area contributed by atoms with Gasteiger partial charge in [-0.15, -0.1) is 0 Å². The van der Waals surface area contributed by atoms with Crippen LogP contribution in [0, 0.1) is 17.1 Å². The van der Waals surface area contributed by atoms with E-state index in [9.17, 15) is 19.6 Å². The lowest BCUT2D eigenvalue weighted by Crippen LogP contribution is -2.41. The lowest BCUT2D eigenvalue weighted by Gasteiger charge is -2.39. The number of nitrogens with zero attached hydrogens (tertiary/aromatic N) is 1. The number of hydrogen-bond acceptors (Lipinski definition) is 3. The number of carboxylic acid groups (broad SMARTS) is 1. The van der Waals surface area contributed by atoms with E-state index < -0.39 is 17.4 Å². The molecule has 1 aliphatic heterocycles. The van der Waals surface area contributed by atoms with Crippen LogP contribution in [0.1, 0.15) is 49.9 Å². The second kappa shape index (κ2) is 5.91. The number of fused-ring (bicyclic) bond motifs is 3. The zero-order valence-electron chi connectivity index (χ0n) is 13.6. The number of halogens is 1. The lowest BCUT2D eigenvalue weighted by molar-refractivity contribution is -0.156. The van der Waals surface area contributed by atoms with Crippen LogP contribution in [-0.4, -0.2) is 22.2 Å². The van der Waals surface area contributed by atoms with E-state index >= 15 is 0 Å². The largest absolute Gasteiger partial charge is 0.481 e. The summed E-state index contributed by atoms with van der Waals surface area (Å²) in [7, 11) is 0. The minimum absolute atomic E-state index is 0.200. The Morgan fingerprint density at radius 3 is 2.96 bits per heavy atom. The molecule has 0 amide bonds. The number of carbonyl (C=O) groups is 1. The Morgan fingerprint density at radius 1 is 1.58 bits per heavy atom. The van der Waals surface area contributed by atoms with Crippen molar-refractivity contribution in [3.63, 3.8) is 0 Å². The molecule has 126 valence electrons. The van der Waals surface area contributed by atoms with Crippen LogP contribution < -0.4 is 0 Å². The maximum atomic E-state index is 14.3. The topological polar surface area (TPSA) is 86.1 Å². The first-order valence-corrected chi connectivity index (χ1v) is 8.05. The van der Waals surface area contributed by atoms with Gasteiger partial charge in [-0.1, -0.05) is 13.3 Å². The molecule has 0 bridgehead atoms. The fourth-order valence-corrected chi connectivity index (χ4v) is 3.85. The minimum Gasteiger partial charge on any atom is -0.481 e. The van der Waals surface area contributed by atoms with Gasteiger partial charge in [-0.3, -0.25) is 4.79 Å². The smallest absolute Gasteiger partial charge is 0.306 e. The number of hydrogen-bond donors (Lipinski definition) is 2. The van der Waals surface area contributed by atoms with E-state index in [0.717, 1.165) is 12.0 Å². The average Bonchev–Trinajstić information content (AvgIpc) is 2.88. The minimum atomic E-state index is -1.02. The summed E-state index contributed by atoms with van der Waals surface area (Å²) in [4.78, 5) is 14.5. The molecule has 2 aromatic rings. The molecule has 1 aromatic carbocycles. The van der Waals surface area contributed by atoms with Crippen molar-refractivity contribution in [3.05, 3.63) is 34.8 Å². The van der Waals surface area contributed by atoms with E-state index in [-0.39, 0.29) is 18.0 Å². The number of H-pyrrole nitrogens is 1. The Labute approximate surface area is 139 Å². The molecule has 1 aromatic heterocycles. The number of rotatable bonds is 4. The van der Waals surface area contributed by atoms with Crippen molar-refractivity contribution >= 4 is 16.9 Å². The van der Waals surface area contributed by atoms with E-state index in [4.69, 9.17) is 4.74 Å². The van der Waals surface area contributed by atoms with Crippen LogP contribution in [0.5, 0.6) is 0 Å². The number of ether oxygens (including phenoxy) is 1. The molecule has 5 nitrogen and oxygen atoms in total. The zero-order valence-corrected chi connectivity index (χ0v) is 13.6. The summed E-state index contributed by atoms with van der Waals surface area (Å²) in [5, 5.41) is 19.3. The van der Waals surface area contributed by atoms with Crippen molar-refractivity contribution < 1.29 is 19.0 Å². The van der Waals surface area contributed by atoms with Gasteiger partial charge in [-0.05, 0) is 31.0 Å². The molecule has 2 N–H and O–H groups in total. The molecule has 2 unspecified atom stereocenters. The Morgan fingerprint density at radius 2 is 2.33 bits per heavy atom. The molecule has 0 spiro atoms. The van der Waals surface area contributed by atoms with E-state index in [1.54, 1.807) is 0 Å². The third-order valence-electron chi connectivity index (χ3n) is 4.59. The van der Waals surface area contributed by atoms with Gasteiger partial charge in [0.15, 0.2) is 0 Å². The first-order valence-electron chi connectivity index (χ1n) is 8.05. The predicted octanol–water partition coefficient (Wildman–Crippen LogP) is 3.61. The highest BCUT2D eigenvalue weighted by molar-refractivity contribution is 5.91. The number of aromatic amines is 1. The van der Waals surface area contributed by atoms with Crippen molar-refractivity contribution in [1.29, 1.82) is 5.26 Å². The van der Waals surface area contributed by atoms with Crippen LogP contribution in [0.4, 0.5) is 4.39 Å². The monoisotopic (exact) mass is 330 g/mol. The molecular weight excluding hydrogens is 311 g/mol. The summed E-state index contributed by atoms with van der Waals surface area (Å²) in [6.45, 7) is 3.83. The second-order valence-corrected chi connectivity index (χ2v) is 6.38. The van der Waals surface area contributed by atoms with Gasteiger partial charge in [-0.25, -0.2) is 4.39 Å². The molecule has 3 rings (SSSR count). The number of benzene rings is 1.